The van der Waals surface area contributed by atoms with Gasteiger partial charge in [0.25, 0.3) is 0 Å². The van der Waals surface area contributed by atoms with Crippen LogP contribution in [0.4, 0.5) is 0 Å². The maximum atomic E-state index is 9.51. The molecule has 0 aromatic rings. The summed E-state index contributed by atoms with van der Waals surface area (Å²) in [6, 6.07) is 0.408. The molecule has 1 aliphatic rings. The number of hydrogen-bond acceptors (Lipinski definition) is 4. The fourth-order valence-corrected chi connectivity index (χ4v) is 2.20. The first-order valence-electron chi connectivity index (χ1n) is 7.55. The Kier molecular flexibility index (Phi) is 9.36. The predicted octanol–water partition coefficient (Wildman–Crippen LogP) is 0.508. The molecule has 0 radical (unpaired) electrons. The van der Waals surface area contributed by atoms with Crippen LogP contribution in [0, 0.1) is 0 Å². The van der Waals surface area contributed by atoms with Gasteiger partial charge in [-0.1, -0.05) is 0 Å². The van der Waals surface area contributed by atoms with E-state index in [0.29, 0.717) is 32.4 Å². The largest absolute Gasteiger partial charge is 0.393 e. The molecular weight excluding hydrogens is 258 g/mol. The average molecular weight is 287 g/mol. The molecule has 0 aromatic heterocycles. The zero-order valence-corrected chi connectivity index (χ0v) is 12.7. The van der Waals surface area contributed by atoms with Gasteiger partial charge < -0.3 is 25.2 Å². The van der Waals surface area contributed by atoms with Crippen molar-refractivity contribution in [3.05, 3.63) is 0 Å². The summed E-state index contributed by atoms with van der Waals surface area (Å²) in [6.45, 7) is 5.35. The smallest absolute Gasteiger partial charge is 0.191 e. The van der Waals surface area contributed by atoms with E-state index in [4.69, 9.17) is 9.47 Å². The van der Waals surface area contributed by atoms with Crippen LogP contribution in [0.15, 0.2) is 4.99 Å². The van der Waals surface area contributed by atoms with Crippen LogP contribution in [0.3, 0.4) is 0 Å². The number of guanidine groups is 1. The van der Waals surface area contributed by atoms with Gasteiger partial charge in [0.05, 0.1) is 32.5 Å². The van der Waals surface area contributed by atoms with E-state index in [0.717, 1.165) is 38.2 Å². The lowest BCUT2D eigenvalue weighted by Gasteiger charge is -2.27. The number of rotatable bonds is 8. The molecule has 0 saturated heterocycles. The third-order valence-corrected chi connectivity index (χ3v) is 3.32. The fourth-order valence-electron chi connectivity index (χ4n) is 2.20. The van der Waals surface area contributed by atoms with Gasteiger partial charge in [-0.25, -0.2) is 0 Å². The van der Waals surface area contributed by atoms with Crippen molar-refractivity contribution in [1.82, 2.24) is 10.6 Å². The number of aliphatic imine (C=N–C) groups is 1. The number of hydrogen-bond donors (Lipinski definition) is 3. The van der Waals surface area contributed by atoms with Crippen molar-refractivity contribution in [2.24, 2.45) is 4.99 Å². The molecule has 0 amide bonds. The Morgan fingerprint density at radius 3 is 2.60 bits per heavy atom. The fraction of sp³-hybridized carbons (Fsp3) is 0.929. The van der Waals surface area contributed by atoms with Gasteiger partial charge in [-0.15, -0.1) is 0 Å². The molecule has 1 aliphatic carbocycles. The van der Waals surface area contributed by atoms with Crippen molar-refractivity contribution < 1.29 is 14.6 Å². The van der Waals surface area contributed by atoms with Gasteiger partial charge in [-0.2, -0.15) is 0 Å². The zero-order chi connectivity index (χ0) is 14.6. The first kappa shape index (κ1) is 17.2. The zero-order valence-electron chi connectivity index (χ0n) is 12.7. The minimum absolute atomic E-state index is 0.123. The summed E-state index contributed by atoms with van der Waals surface area (Å²) < 4.78 is 10.3. The van der Waals surface area contributed by atoms with Gasteiger partial charge in [0, 0.05) is 19.7 Å². The highest BCUT2D eigenvalue weighted by Gasteiger charge is 2.19. The Labute approximate surface area is 121 Å². The normalized spacial score (nSPS) is 23.6. The summed E-state index contributed by atoms with van der Waals surface area (Å²) in [6.07, 6.45) is 3.61. The Morgan fingerprint density at radius 1 is 1.20 bits per heavy atom. The lowest BCUT2D eigenvalue weighted by molar-refractivity contribution is 0.0748. The predicted molar refractivity (Wildman–Crippen MR) is 80.1 cm³/mol. The first-order valence-corrected chi connectivity index (χ1v) is 7.55. The third kappa shape index (κ3) is 7.67. The highest BCUT2D eigenvalue weighted by Crippen LogP contribution is 2.18. The summed E-state index contributed by atoms with van der Waals surface area (Å²) in [4.78, 5) is 4.49. The molecule has 1 rings (SSSR count). The third-order valence-electron chi connectivity index (χ3n) is 3.32. The minimum Gasteiger partial charge on any atom is -0.393 e. The Bertz CT molecular complexity index is 266. The molecule has 0 atom stereocenters. The van der Waals surface area contributed by atoms with E-state index in [1.54, 1.807) is 7.11 Å². The molecule has 6 nitrogen and oxygen atoms in total. The lowest BCUT2D eigenvalue weighted by atomic mass is 9.93. The highest BCUT2D eigenvalue weighted by molar-refractivity contribution is 5.80. The number of aliphatic hydroxyl groups excluding tert-OH is 1. The number of nitrogens with zero attached hydrogens (tertiary/aromatic N) is 1. The maximum Gasteiger partial charge on any atom is 0.191 e. The molecule has 0 spiro atoms. The molecule has 3 N–H and O–H groups in total. The van der Waals surface area contributed by atoms with Crippen LogP contribution in [-0.4, -0.2) is 63.2 Å². The van der Waals surface area contributed by atoms with Crippen LogP contribution in [0.5, 0.6) is 0 Å². The second kappa shape index (κ2) is 10.9. The monoisotopic (exact) mass is 287 g/mol. The topological polar surface area (TPSA) is 75.1 Å². The summed E-state index contributed by atoms with van der Waals surface area (Å²) in [7, 11) is 1.66. The van der Waals surface area contributed by atoms with Crippen molar-refractivity contribution in [1.29, 1.82) is 0 Å². The van der Waals surface area contributed by atoms with E-state index in [1.165, 1.54) is 0 Å². The number of aliphatic hydroxyl groups is 1. The van der Waals surface area contributed by atoms with E-state index in [9.17, 15) is 5.11 Å². The molecule has 0 heterocycles. The molecule has 1 saturated carbocycles. The van der Waals surface area contributed by atoms with Gasteiger partial charge >= 0.3 is 0 Å². The molecule has 0 aromatic carbocycles. The van der Waals surface area contributed by atoms with Crippen LogP contribution in [0.2, 0.25) is 0 Å². The van der Waals surface area contributed by atoms with Crippen molar-refractivity contribution >= 4 is 5.96 Å². The van der Waals surface area contributed by atoms with Crippen LogP contribution < -0.4 is 10.6 Å². The summed E-state index contributed by atoms with van der Waals surface area (Å²) in [5.74, 6) is 0.837. The van der Waals surface area contributed by atoms with E-state index in [1.807, 2.05) is 0 Å². The van der Waals surface area contributed by atoms with Gasteiger partial charge in [-0.05, 0) is 32.6 Å². The second-order valence-electron chi connectivity index (χ2n) is 5.02. The van der Waals surface area contributed by atoms with Crippen molar-refractivity contribution in [2.45, 2.75) is 44.8 Å². The number of ether oxygens (including phenoxy) is 2. The summed E-state index contributed by atoms with van der Waals surface area (Å²) >= 11 is 0. The van der Waals surface area contributed by atoms with Gasteiger partial charge in [0.2, 0.25) is 0 Å². The standard InChI is InChI=1S/C14H29N3O3/c1-3-15-14(16-8-9-20-11-10-19-2)17-12-4-6-13(18)7-5-12/h12-13,18H,3-11H2,1-2H3,(H2,15,16,17). The Hall–Kier alpha value is -0.850. The number of methoxy groups -OCH3 is 1. The summed E-state index contributed by atoms with van der Waals surface area (Å²) in [5, 5.41) is 16.2. The van der Waals surface area contributed by atoms with E-state index in [2.05, 4.69) is 22.5 Å². The Balaban J connectivity index is 2.24. The second-order valence-corrected chi connectivity index (χ2v) is 5.02. The molecule has 6 heteroatoms. The molecule has 0 unspecified atom stereocenters. The van der Waals surface area contributed by atoms with E-state index < -0.39 is 0 Å². The van der Waals surface area contributed by atoms with Gasteiger partial charge in [0.1, 0.15) is 0 Å². The van der Waals surface area contributed by atoms with Crippen molar-refractivity contribution in [3.8, 4) is 0 Å². The van der Waals surface area contributed by atoms with Gasteiger partial charge in [0.15, 0.2) is 5.96 Å². The van der Waals surface area contributed by atoms with Gasteiger partial charge in [-0.3, -0.25) is 4.99 Å². The molecule has 0 bridgehead atoms. The molecule has 1 fully saturated rings. The highest BCUT2D eigenvalue weighted by atomic mass is 16.5. The van der Waals surface area contributed by atoms with Crippen LogP contribution >= 0.6 is 0 Å². The van der Waals surface area contributed by atoms with Crippen molar-refractivity contribution in [3.63, 3.8) is 0 Å². The van der Waals surface area contributed by atoms with Crippen LogP contribution in [0.25, 0.3) is 0 Å². The molecule has 0 aliphatic heterocycles. The molecule has 20 heavy (non-hydrogen) atoms. The molecule has 118 valence electrons. The van der Waals surface area contributed by atoms with Crippen molar-refractivity contribution in [2.75, 3.05) is 40.0 Å². The SMILES string of the molecule is CCNC(=NCCOCCOC)NC1CCC(O)CC1. The number of nitrogens with one attached hydrogen (secondary N) is 2. The van der Waals surface area contributed by atoms with E-state index in [-0.39, 0.29) is 6.10 Å². The van der Waals surface area contributed by atoms with Crippen LogP contribution in [-0.2, 0) is 9.47 Å². The van der Waals surface area contributed by atoms with Crippen LogP contribution in [0.1, 0.15) is 32.6 Å². The molecular formula is C14H29N3O3. The maximum absolute atomic E-state index is 9.51. The minimum atomic E-state index is -0.123. The first-order chi connectivity index (χ1) is 9.76. The Morgan fingerprint density at radius 2 is 1.95 bits per heavy atom. The average Bonchev–Trinajstić information content (AvgIpc) is 2.45. The van der Waals surface area contributed by atoms with E-state index >= 15 is 0 Å². The quantitative estimate of drug-likeness (QED) is 0.344. The lowest BCUT2D eigenvalue weighted by Crippen LogP contribution is -2.45. The summed E-state index contributed by atoms with van der Waals surface area (Å²) in [5.41, 5.74) is 0.